The summed E-state index contributed by atoms with van der Waals surface area (Å²) in [6.45, 7) is 6.42. The number of nitrogens with zero attached hydrogens (tertiary/aromatic N) is 2. The molecule has 4 heteroatoms. The zero-order valence-electron chi connectivity index (χ0n) is 19.0. The molecule has 1 unspecified atom stereocenters. The van der Waals surface area contributed by atoms with Crippen molar-refractivity contribution in [2.24, 2.45) is 0 Å². The topological polar surface area (TPSA) is 23.6 Å². The Morgan fingerprint density at radius 3 is 1.39 bits per heavy atom. The van der Waals surface area contributed by atoms with Crippen molar-refractivity contribution in [3.05, 3.63) is 78.9 Å². The molecule has 3 aromatic carbocycles. The summed E-state index contributed by atoms with van der Waals surface area (Å²) in [5.74, 6) is 0. The molecule has 0 heterocycles. The van der Waals surface area contributed by atoms with E-state index in [4.69, 9.17) is 0 Å². The van der Waals surface area contributed by atoms with E-state index < -0.39 is 10.8 Å². The van der Waals surface area contributed by atoms with Crippen LogP contribution >= 0.6 is 0 Å². The van der Waals surface area contributed by atoms with Gasteiger partial charge < -0.3 is 9.80 Å². The monoisotopic (exact) mass is 434 g/mol. The number of benzene rings is 3. The Bertz CT molecular complexity index is 939. The molecule has 0 aliphatic rings. The zero-order chi connectivity index (χ0) is 22.1. The van der Waals surface area contributed by atoms with Gasteiger partial charge in [-0.05, 0) is 73.5 Å². The van der Waals surface area contributed by atoms with Crippen LogP contribution in [0.25, 0.3) is 0 Å². The average Bonchev–Trinajstić information content (AvgIpc) is 2.81. The van der Waals surface area contributed by atoms with E-state index in [1.54, 1.807) is 6.26 Å². The number of hydrogen-bond acceptors (Lipinski definition) is 3. The van der Waals surface area contributed by atoms with Crippen LogP contribution in [0.2, 0.25) is 0 Å². The highest BCUT2D eigenvalue weighted by Crippen LogP contribution is 2.31. The van der Waals surface area contributed by atoms with Crippen LogP contribution in [0.1, 0.15) is 39.5 Å². The molecular formula is C27H34N2OS. The fraction of sp³-hybridized carbons (Fsp3) is 0.333. The summed E-state index contributed by atoms with van der Waals surface area (Å²) in [5, 5.41) is 0. The Morgan fingerprint density at radius 1 is 0.613 bits per heavy atom. The van der Waals surface area contributed by atoms with Gasteiger partial charge in [0.2, 0.25) is 0 Å². The molecule has 0 aliphatic heterocycles. The van der Waals surface area contributed by atoms with Crippen molar-refractivity contribution in [3.8, 4) is 0 Å². The zero-order valence-corrected chi connectivity index (χ0v) is 19.8. The van der Waals surface area contributed by atoms with E-state index in [1.165, 1.54) is 23.5 Å². The molecule has 31 heavy (non-hydrogen) atoms. The fourth-order valence-electron chi connectivity index (χ4n) is 3.69. The van der Waals surface area contributed by atoms with Gasteiger partial charge in [-0.2, -0.15) is 0 Å². The van der Waals surface area contributed by atoms with Gasteiger partial charge in [-0.3, -0.25) is 4.21 Å². The minimum Gasteiger partial charge on any atom is -0.341 e. The second-order valence-corrected chi connectivity index (χ2v) is 9.19. The van der Waals surface area contributed by atoms with Crippen molar-refractivity contribution in [2.45, 2.75) is 44.4 Å². The molecule has 3 rings (SSSR count). The van der Waals surface area contributed by atoms with E-state index in [-0.39, 0.29) is 0 Å². The third kappa shape index (κ3) is 6.20. The van der Waals surface area contributed by atoms with Gasteiger partial charge in [0.15, 0.2) is 0 Å². The average molecular weight is 435 g/mol. The van der Waals surface area contributed by atoms with Crippen LogP contribution < -0.4 is 9.80 Å². The lowest BCUT2D eigenvalue weighted by molar-refractivity contribution is 0.687. The number of unbranched alkanes of at least 4 members (excludes halogenated alkanes) is 2. The first kappa shape index (κ1) is 23.1. The van der Waals surface area contributed by atoms with E-state index >= 15 is 0 Å². The number of rotatable bonds is 11. The molecular weight excluding hydrogens is 400 g/mol. The summed E-state index contributed by atoms with van der Waals surface area (Å²) in [6, 6.07) is 27.6. The van der Waals surface area contributed by atoms with Gasteiger partial charge >= 0.3 is 0 Å². The Morgan fingerprint density at radius 2 is 1.00 bits per heavy atom. The van der Waals surface area contributed by atoms with E-state index in [0.717, 1.165) is 42.9 Å². The SMILES string of the molecule is CCCCN(c1ccccc1)c1ccc(N(CCCC)c2ccc(S(C)=O)cc2)cc1. The Balaban J connectivity index is 1.88. The molecule has 0 bridgehead atoms. The molecule has 0 saturated heterocycles. The van der Waals surface area contributed by atoms with Crippen molar-refractivity contribution < 1.29 is 4.21 Å². The summed E-state index contributed by atoms with van der Waals surface area (Å²) in [5.41, 5.74) is 4.78. The molecule has 3 aromatic rings. The largest absolute Gasteiger partial charge is 0.341 e. The second kappa shape index (κ2) is 11.7. The molecule has 0 N–H and O–H groups in total. The first-order chi connectivity index (χ1) is 15.1. The highest BCUT2D eigenvalue weighted by Gasteiger charge is 2.12. The predicted octanol–water partition coefficient (Wildman–Crippen LogP) is 7.30. The maximum absolute atomic E-state index is 11.8. The van der Waals surface area contributed by atoms with E-state index in [2.05, 4.69) is 90.4 Å². The second-order valence-electron chi connectivity index (χ2n) is 7.81. The minimum atomic E-state index is -0.954. The van der Waals surface area contributed by atoms with Crippen LogP contribution in [0.15, 0.2) is 83.8 Å². The van der Waals surface area contributed by atoms with Crippen molar-refractivity contribution in [2.75, 3.05) is 29.1 Å². The normalized spacial score (nSPS) is 11.8. The molecule has 0 aromatic heterocycles. The van der Waals surface area contributed by atoms with E-state index in [0.29, 0.717) is 0 Å². The van der Waals surface area contributed by atoms with Crippen molar-refractivity contribution in [3.63, 3.8) is 0 Å². The van der Waals surface area contributed by atoms with Crippen molar-refractivity contribution in [1.82, 2.24) is 0 Å². The van der Waals surface area contributed by atoms with Crippen molar-refractivity contribution in [1.29, 1.82) is 0 Å². The van der Waals surface area contributed by atoms with Crippen LogP contribution in [0.3, 0.4) is 0 Å². The molecule has 3 nitrogen and oxygen atoms in total. The van der Waals surface area contributed by atoms with Gasteiger partial charge in [-0.15, -0.1) is 0 Å². The Labute approximate surface area is 190 Å². The van der Waals surface area contributed by atoms with Crippen LogP contribution in [0, 0.1) is 0 Å². The third-order valence-electron chi connectivity index (χ3n) is 5.49. The smallest absolute Gasteiger partial charge is 0.0498 e. The summed E-state index contributed by atoms with van der Waals surface area (Å²) in [7, 11) is -0.954. The van der Waals surface area contributed by atoms with E-state index in [1.807, 2.05) is 12.1 Å². The fourth-order valence-corrected chi connectivity index (χ4v) is 4.20. The standard InChI is InChI=1S/C27H34N2OS/c1-4-6-21-28(23-11-9-8-10-12-23)24-13-15-25(16-14-24)29(22-7-5-2)26-17-19-27(20-18-26)31(3)30/h8-20H,4-7,21-22H2,1-3H3. The van der Waals surface area contributed by atoms with Crippen molar-refractivity contribution >= 4 is 33.5 Å². The molecule has 164 valence electrons. The lowest BCUT2D eigenvalue weighted by Crippen LogP contribution is -2.20. The van der Waals surface area contributed by atoms with Crippen LogP contribution in [0.5, 0.6) is 0 Å². The maximum Gasteiger partial charge on any atom is 0.0498 e. The molecule has 0 radical (unpaired) electrons. The lowest BCUT2D eigenvalue weighted by Gasteiger charge is -2.28. The van der Waals surface area contributed by atoms with Crippen LogP contribution in [-0.4, -0.2) is 23.6 Å². The van der Waals surface area contributed by atoms with Gasteiger partial charge in [0, 0.05) is 57.8 Å². The van der Waals surface area contributed by atoms with Gasteiger partial charge in [-0.25, -0.2) is 0 Å². The highest BCUT2D eigenvalue weighted by atomic mass is 32.2. The molecule has 0 aliphatic carbocycles. The first-order valence-corrected chi connectivity index (χ1v) is 12.8. The molecule has 0 amide bonds. The number of anilines is 4. The molecule has 0 fully saturated rings. The summed E-state index contributed by atoms with van der Waals surface area (Å²) in [6.07, 6.45) is 6.31. The quantitative estimate of drug-likeness (QED) is 0.316. The minimum absolute atomic E-state index is 0.865. The number of para-hydroxylation sites is 1. The maximum atomic E-state index is 11.8. The van der Waals surface area contributed by atoms with Gasteiger partial charge in [0.1, 0.15) is 0 Å². The molecule has 1 atom stereocenters. The van der Waals surface area contributed by atoms with Gasteiger partial charge in [0.25, 0.3) is 0 Å². The predicted molar refractivity (Wildman–Crippen MR) is 135 cm³/mol. The molecule has 0 spiro atoms. The Kier molecular flexibility index (Phi) is 8.72. The summed E-state index contributed by atoms with van der Waals surface area (Å²) < 4.78 is 11.8. The van der Waals surface area contributed by atoms with Gasteiger partial charge in [0.05, 0.1) is 0 Å². The summed E-state index contributed by atoms with van der Waals surface area (Å²) in [4.78, 5) is 5.62. The lowest BCUT2D eigenvalue weighted by atomic mass is 10.1. The Hall–Kier alpha value is -2.59. The third-order valence-corrected chi connectivity index (χ3v) is 6.43. The van der Waals surface area contributed by atoms with Crippen LogP contribution in [-0.2, 0) is 10.8 Å². The van der Waals surface area contributed by atoms with E-state index in [9.17, 15) is 4.21 Å². The molecule has 0 saturated carbocycles. The van der Waals surface area contributed by atoms with Gasteiger partial charge in [-0.1, -0.05) is 44.9 Å². The summed E-state index contributed by atoms with van der Waals surface area (Å²) >= 11 is 0. The first-order valence-electron chi connectivity index (χ1n) is 11.3. The number of hydrogen-bond donors (Lipinski definition) is 0. The highest BCUT2D eigenvalue weighted by molar-refractivity contribution is 7.84. The van der Waals surface area contributed by atoms with Crippen LogP contribution in [0.4, 0.5) is 22.7 Å².